The monoisotopic (exact) mass is 807 g/mol. The number of pyridine rings is 1. The van der Waals surface area contributed by atoms with E-state index in [-0.39, 0.29) is 11.2 Å². The van der Waals surface area contributed by atoms with Gasteiger partial charge < -0.3 is 5.11 Å². The van der Waals surface area contributed by atoms with Gasteiger partial charge in [0.15, 0.2) is 0 Å². The summed E-state index contributed by atoms with van der Waals surface area (Å²) in [6.45, 7) is 15.4. The van der Waals surface area contributed by atoms with Crippen LogP contribution in [0.1, 0.15) is 56.9 Å². The molecule has 7 aromatic carbocycles. The minimum absolute atomic E-state index is 0.138. The molecule has 0 aliphatic rings. The van der Waals surface area contributed by atoms with Crippen LogP contribution in [0.3, 0.4) is 0 Å². The molecule has 0 fully saturated rings. The van der Waals surface area contributed by atoms with E-state index in [0.29, 0.717) is 17.3 Å². The van der Waals surface area contributed by atoms with E-state index in [1.807, 2.05) is 25.3 Å². The van der Waals surface area contributed by atoms with Crippen LogP contribution >= 0.6 is 0 Å². The molecule has 2 heterocycles. The zero-order valence-electron chi connectivity index (χ0n) is 36.7. The van der Waals surface area contributed by atoms with Gasteiger partial charge in [-0.2, -0.15) is 0 Å². The maximum Gasteiger partial charge on any atom is 0.149 e. The van der Waals surface area contributed by atoms with Crippen molar-refractivity contribution in [3.63, 3.8) is 0 Å². The number of hydrogen-bond acceptors (Lipinski definition) is 3. The second kappa shape index (κ2) is 16.4. The van der Waals surface area contributed by atoms with Crippen LogP contribution in [-0.2, 0) is 11.8 Å². The van der Waals surface area contributed by atoms with E-state index in [1.165, 1.54) is 22.3 Å². The number of aromatic nitrogens is 3. The molecule has 1 N–H and O–H groups in total. The molecule has 9 aromatic rings. The lowest BCUT2D eigenvalue weighted by Gasteiger charge is -2.22. The number of hydrogen-bond donors (Lipinski definition) is 1. The van der Waals surface area contributed by atoms with Crippen molar-refractivity contribution in [1.29, 1.82) is 0 Å². The molecule has 0 spiro atoms. The molecule has 2 aromatic heterocycles. The van der Waals surface area contributed by atoms with Crippen LogP contribution in [0.5, 0.6) is 5.75 Å². The Bertz CT molecular complexity index is 3060. The first-order valence-corrected chi connectivity index (χ1v) is 21.7. The standard InChI is InChI=1S/C58H53N3O/c1-37(2)29-40-21-26-53(50(32-40)44-17-12-9-13-18-44)61-54-20-14-19-49(55(54)60-57(61)51-31-38(3)30-39(4)56(51)62)46-33-47(35-48(34-46)58(5,6)7)52-36-45(27-28-59-52)43-24-22-42(23-25-43)41-15-10-8-11-16-41/h8-28,30-37,62H,29H2,1-7H3. The maximum absolute atomic E-state index is 11.8. The molecule has 0 atom stereocenters. The van der Waals surface area contributed by atoms with E-state index in [1.54, 1.807) is 0 Å². The van der Waals surface area contributed by atoms with Gasteiger partial charge in [-0.25, -0.2) is 4.98 Å². The Morgan fingerprint density at radius 1 is 0.565 bits per heavy atom. The minimum atomic E-state index is -0.138. The third-order valence-corrected chi connectivity index (χ3v) is 11.9. The highest BCUT2D eigenvalue weighted by Gasteiger charge is 2.24. The molecule has 0 radical (unpaired) electrons. The molecule has 0 aliphatic heterocycles. The van der Waals surface area contributed by atoms with Crippen molar-refractivity contribution >= 4 is 11.0 Å². The van der Waals surface area contributed by atoms with Crippen molar-refractivity contribution in [2.75, 3.05) is 0 Å². The van der Waals surface area contributed by atoms with Gasteiger partial charge in [-0.3, -0.25) is 9.55 Å². The second-order valence-electron chi connectivity index (χ2n) is 18.2. The number of rotatable bonds is 9. The van der Waals surface area contributed by atoms with E-state index >= 15 is 0 Å². The maximum atomic E-state index is 11.8. The molecule has 0 aliphatic carbocycles. The average molecular weight is 808 g/mol. The SMILES string of the molecule is Cc1cc(C)c(O)c(-c2nc3c(-c4cc(-c5cc(-c6ccc(-c7ccccc7)cc6)ccn5)cc(C(C)(C)C)c4)cccc3n2-c2ccc(CC(C)C)cc2-c2ccccc2)c1. The molecular weight excluding hydrogens is 755 g/mol. The first-order chi connectivity index (χ1) is 29.9. The van der Waals surface area contributed by atoms with Crippen LogP contribution < -0.4 is 0 Å². The highest BCUT2D eigenvalue weighted by atomic mass is 16.3. The predicted octanol–water partition coefficient (Wildman–Crippen LogP) is 15.2. The Hall–Kier alpha value is -7.04. The molecule has 0 amide bonds. The number of fused-ring (bicyclic) bond motifs is 1. The molecule has 306 valence electrons. The van der Waals surface area contributed by atoms with E-state index in [4.69, 9.17) is 9.97 Å². The highest BCUT2D eigenvalue weighted by Crippen LogP contribution is 2.43. The molecule has 62 heavy (non-hydrogen) atoms. The van der Waals surface area contributed by atoms with Gasteiger partial charge in [-0.15, -0.1) is 0 Å². The number of aromatic hydroxyl groups is 1. The van der Waals surface area contributed by atoms with Gasteiger partial charge in [-0.1, -0.05) is 150 Å². The lowest BCUT2D eigenvalue weighted by molar-refractivity contribution is 0.472. The first-order valence-electron chi connectivity index (χ1n) is 21.7. The van der Waals surface area contributed by atoms with Crippen molar-refractivity contribution in [2.24, 2.45) is 5.92 Å². The van der Waals surface area contributed by atoms with Crippen LogP contribution in [0, 0.1) is 19.8 Å². The van der Waals surface area contributed by atoms with Gasteiger partial charge in [0.05, 0.1) is 28.0 Å². The number of aryl methyl sites for hydroxylation is 2. The molecule has 4 heteroatoms. The lowest BCUT2D eigenvalue weighted by atomic mass is 9.83. The molecule has 0 bridgehead atoms. The highest BCUT2D eigenvalue weighted by molar-refractivity contribution is 5.98. The predicted molar refractivity (Wildman–Crippen MR) is 260 cm³/mol. The number of benzene rings is 7. The molecular formula is C58H53N3O. The summed E-state index contributed by atoms with van der Waals surface area (Å²) >= 11 is 0. The number of nitrogens with zero attached hydrogens (tertiary/aromatic N) is 3. The smallest absolute Gasteiger partial charge is 0.149 e. The summed E-state index contributed by atoms with van der Waals surface area (Å²) in [7, 11) is 0. The van der Waals surface area contributed by atoms with Crippen LogP contribution in [0.4, 0.5) is 0 Å². The van der Waals surface area contributed by atoms with E-state index in [0.717, 1.165) is 78.9 Å². The van der Waals surface area contributed by atoms with Gasteiger partial charge in [0.25, 0.3) is 0 Å². The molecule has 9 rings (SSSR count). The lowest BCUT2D eigenvalue weighted by Crippen LogP contribution is -2.11. The Morgan fingerprint density at radius 2 is 1.23 bits per heavy atom. The van der Waals surface area contributed by atoms with Crippen LogP contribution in [-0.4, -0.2) is 19.6 Å². The summed E-state index contributed by atoms with van der Waals surface area (Å²) in [5, 5.41) is 11.8. The van der Waals surface area contributed by atoms with Crippen molar-refractivity contribution in [3.8, 4) is 78.6 Å². The number of imidazole rings is 1. The van der Waals surface area contributed by atoms with Crippen molar-refractivity contribution < 1.29 is 5.11 Å². The van der Waals surface area contributed by atoms with Crippen molar-refractivity contribution in [2.45, 2.75) is 60.3 Å². The normalized spacial score (nSPS) is 11.7. The zero-order valence-corrected chi connectivity index (χ0v) is 36.7. The molecule has 0 saturated heterocycles. The molecule has 0 unspecified atom stereocenters. The number of para-hydroxylation sites is 1. The quantitative estimate of drug-likeness (QED) is 0.158. The van der Waals surface area contributed by atoms with Crippen molar-refractivity contribution in [3.05, 3.63) is 192 Å². The summed E-state index contributed by atoms with van der Waals surface area (Å²) in [4.78, 5) is 10.5. The van der Waals surface area contributed by atoms with E-state index in [2.05, 4.69) is 198 Å². The summed E-state index contributed by atoms with van der Waals surface area (Å²) in [5.74, 6) is 1.45. The van der Waals surface area contributed by atoms with Crippen molar-refractivity contribution in [1.82, 2.24) is 14.5 Å². The third-order valence-electron chi connectivity index (χ3n) is 11.9. The molecule has 0 saturated carbocycles. The van der Waals surface area contributed by atoms with Gasteiger partial charge in [0.2, 0.25) is 0 Å². The zero-order chi connectivity index (χ0) is 43.1. The largest absolute Gasteiger partial charge is 0.507 e. The number of phenols is 1. The molecule has 4 nitrogen and oxygen atoms in total. The summed E-state index contributed by atoms with van der Waals surface area (Å²) < 4.78 is 2.26. The summed E-state index contributed by atoms with van der Waals surface area (Å²) in [5.41, 5.74) is 18.7. The fourth-order valence-corrected chi connectivity index (χ4v) is 8.73. The van der Waals surface area contributed by atoms with E-state index < -0.39 is 0 Å². The Labute approximate surface area is 366 Å². The topological polar surface area (TPSA) is 50.9 Å². The average Bonchev–Trinajstić information content (AvgIpc) is 3.67. The Kier molecular flexibility index (Phi) is 10.7. The van der Waals surface area contributed by atoms with Gasteiger partial charge >= 0.3 is 0 Å². The second-order valence-corrected chi connectivity index (χ2v) is 18.2. The van der Waals surface area contributed by atoms with Gasteiger partial charge in [0, 0.05) is 22.9 Å². The Morgan fingerprint density at radius 3 is 1.92 bits per heavy atom. The summed E-state index contributed by atoms with van der Waals surface area (Å²) in [6, 6.07) is 58.4. The summed E-state index contributed by atoms with van der Waals surface area (Å²) in [6.07, 6.45) is 2.89. The Balaban J connectivity index is 1.24. The fraction of sp³-hybridized carbons (Fsp3) is 0.172. The third kappa shape index (κ3) is 7.97. The van der Waals surface area contributed by atoms with E-state index in [9.17, 15) is 5.11 Å². The van der Waals surface area contributed by atoms with Crippen LogP contribution in [0.2, 0.25) is 0 Å². The fourth-order valence-electron chi connectivity index (χ4n) is 8.73. The minimum Gasteiger partial charge on any atom is -0.507 e. The van der Waals surface area contributed by atoms with Gasteiger partial charge in [-0.05, 0) is 136 Å². The first kappa shape index (κ1) is 40.4. The van der Waals surface area contributed by atoms with Crippen LogP contribution in [0.15, 0.2) is 170 Å². The van der Waals surface area contributed by atoms with Gasteiger partial charge in [0.1, 0.15) is 11.6 Å². The van der Waals surface area contributed by atoms with Crippen LogP contribution in [0.25, 0.3) is 83.9 Å². The number of phenolic OH excluding ortho intramolecular Hbond substituents is 1.